The monoisotopic (exact) mass is 596 g/mol. The van der Waals surface area contributed by atoms with E-state index >= 15 is 0 Å². The summed E-state index contributed by atoms with van der Waals surface area (Å²) >= 11 is 0. The maximum absolute atomic E-state index is 11.0. The molecule has 0 radical (unpaired) electrons. The zero-order chi connectivity index (χ0) is 31.2. The molecule has 0 fully saturated rings. The number of ether oxygens (including phenoxy) is 4. The molecular formula is C26H44O15. The highest BCUT2D eigenvalue weighted by Crippen LogP contribution is 2.30. The van der Waals surface area contributed by atoms with Crippen molar-refractivity contribution in [2.45, 2.75) is 24.5 Å². The number of aliphatic hydroxyl groups excluding tert-OH is 6. The van der Waals surface area contributed by atoms with Crippen LogP contribution in [-0.2, 0) is 18.9 Å². The highest BCUT2D eigenvalue weighted by Gasteiger charge is 2.41. The Morgan fingerprint density at radius 2 is 1.15 bits per heavy atom. The molecular weight excluding hydrogens is 552 g/mol. The lowest BCUT2D eigenvalue weighted by Gasteiger charge is -2.38. The molecule has 1 aromatic carbocycles. The molecule has 15 heteroatoms. The predicted molar refractivity (Wildman–Crippen MR) is 142 cm³/mol. The predicted octanol–water partition coefficient (Wildman–Crippen LogP) is -2.04. The SMILES string of the molecule is O=C(O)c1ccccc1C(=O)O.OCCOCCOCCOCC(O)(CCC(CO)(CO)CO)C(CO)OCCO. The molecule has 238 valence electrons. The van der Waals surface area contributed by atoms with Gasteiger partial charge in [-0.15, -0.1) is 0 Å². The summed E-state index contributed by atoms with van der Waals surface area (Å²) in [7, 11) is 0. The lowest BCUT2D eigenvalue weighted by atomic mass is 9.80. The Labute approximate surface area is 238 Å². The van der Waals surface area contributed by atoms with Gasteiger partial charge in [-0.05, 0) is 25.0 Å². The fourth-order valence-electron chi connectivity index (χ4n) is 3.38. The normalized spacial score (nSPS) is 13.6. The van der Waals surface area contributed by atoms with E-state index in [1.165, 1.54) is 24.3 Å². The first-order chi connectivity index (χ1) is 19.6. The van der Waals surface area contributed by atoms with Gasteiger partial charge in [-0.3, -0.25) is 0 Å². The molecule has 0 aromatic heterocycles. The van der Waals surface area contributed by atoms with Crippen LogP contribution in [0.5, 0.6) is 0 Å². The average molecular weight is 597 g/mol. The zero-order valence-corrected chi connectivity index (χ0v) is 23.0. The van der Waals surface area contributed by atoms with E-state index in [0.29, 0.717) is 13.2 Å². The molecule has 15 nitrogen and oxygen atoms in total. The third kappa shape index (κ3) is 15.0. The number of aromatic carboxylic acids is 2. The van der Waals surface area contributed by atoms with Crippen LogP contribution in [0.15, 0.2) is 24.3 Å². The zero-order valence-electron chi connectivity index (χ0n) is 23.0. The minimum Gasteiger partial charge on any atom is -0.478 e. The van der Waals surface area contributed by atoms with E-state index in [-0.39, 0.29) is 70.2 Å². The molecule has 0 aliphatic carbocycles. The second kappa shape index (κ2) is 22.3. The van der Waals surface area contributed by atoms with Crippen molar-refractivity contribution >= 4 is 11.9 Å². The van der Waals surface area contributed by atoms with Gasteiger partial charge in [0.2, 0.25) is 0 Å². The molecule has 0 aliphatic heterocycles. The Hall–Kier alpha value is -2.28. The number of benzene rings is 1. The Morgan fingerprint density at radius 3 is 1.56 bits per heavy atom. The summed E-state index contributed by atoms with van der Waals surface area (Å²) in [5.74, 6) is -2.46. The maximum atomic E-state index is 11.0. The van der Waals surface area contributed by atoms with Crippen molar-refractivity contribution < 1.29 is 74.5 Å². The number of rotatable bonds is 23. The van der Waals surface area contributed by atoms with Crippen LogP contribution in [0.1, 0.15) is 33.6 Å². The maximum Gasteiger partial charge on any atom is 0.336 e. The van der Waals surface area contributed by atoms with E-state index in [1.54, 1.807) is 0 Å². The lowest BCUT2D eigenvalue weighted by molar-refractivity contribution is -0.171. The van der Waals surface area contributed by atoms with E-state index in [0.717, 1.165) is 0 Å². The van der Waals surface area contributed by atoms with Gasteiger partial charge in [-0.1, -0.05) is 12.1 Å². The van der Waals surface area contributed by atoms with Gasteiger partial charge in [0.15, 0.2) is 0 Å². The number of hydrogen-bond acceptors (Lipinski definition) is 13. The summed E-state index contributed by atoms with van der Waals surface area (Å²) in [5.41, 5.74) is -3.25. The average Bonchev–Trinajstić information content (AvgIpc) is 2.98. The summed E-state index contributed by atoms with van der Waals surface area (Å²) in [5, 5.41) is 83.7. The summed E-state index contributed by atoms with van der Waals surface area (Å²) in [6.45, 7) is -1.41. The molecule has 2 unspecified atom stereocenters. The van der Waals surface area contributed by atoms with E-state index in [1.807, 2.05) is 0 Å². The fraction of sp³-hybridized carbons (Fsp3) is 0.692. The summed E-state index contributed by atoms with van der Waals surface area (Å²) in [6, 6.07) is 5.48. The van der Waals surface area contributed by atoms with Gasteiger partial charge in [0.1, 0.15) is 11.7 Å². The quantitative estimate of drug-likeness (QED) is 0.0617. The van der Waals surface area contributed by atoms with E-state index in [9.17, 15) is 35.1 Å². The first-order valence-electron chi connectivity index (χ1n) is 12.9. The van der Waals surface area contributed by atoms with Crippen molar-refractivity contribution in [2.24, 2.45) is 5.41 Å². The van der Waals surface area contributed by atoms with Gasteiger partial charge in [0.25, 0.3) is 0 Å². The highest BCUT2D eigenvalue weighted by atomic mass is 16.6. The van der Waals surface area contributed by atoms with Crippen LogP contribution in [0.4, 0.5) is 0 Å². The topological polar surface area (TPSA) is 253 Å². The number of hydrogen-bond donors (Lipinski definition) is 9. The third-order valence-electron chi connectivity index (χ3n) is 5.99. The van der Waals surface area contributed by atoms with Crippen molar-refractivity contribution in [3.05, 3.63) is 35.4 Å². The molecule has 0 bridgehead atoms. The number of carboxylic acids is 2. The summed E-state index contributed by atoms with van der Waals surface area (Å²) in [6.07, 6.45) is -1.06. The molecule has 2 atom stereocenters. The first kappa shape index (κ1) is 38.7. The van der Waals surface area contributed by atoms with Crippen LogP contribution in [-0.4, -0.2) is 155 Å². The van der Waals surface area contributed by atoms with E-state index in [2.05, 4.69) is 0 Å². The van der Waals surface area contributed by atoms with Crippen LogP contribution < -0.4 is 0 Å². The molecule has 0 spiro atoms. The Bertz CT molecular complexity index is 792. The fourth-order valence-corrected chi connectivity index (χ4v) is 3.38. The molecule has 1 aromatic rings. The van der Waals surface area contributed by atoms with Crippen LogP contribution in [0.3, 0.4) is 0 Å². The molecule has 0 saturated carbocycles. The lowest BCUT2D eigenvalue weighted by Crippen LogP contribution is -2.51. The van der Waals surface area contributed by atoms with Crippen LogP contribution in [0, 0.1) is 5.41 Å². The molecule has 1 rings (SSSR count). The molecule has 0 saturated heterocycles. The van der Waals surface area contributed by atoms with Gasteiger partial charge >= 0.3 is 11.9 Å². The highest BCUT2D eigenvalue weighted by molar-refractivity contribution is 6.01. The largest absolute Gasteiger partial charge is 0.478 e. The van der Waals surface area contributed by atoms with E-state index in [4.69, 9.17) is 39.4 Å². The number of carboxylic acid groups (broad SMARTS) is 2. The van der Waals surface area contributed by atoms with Crippen LogP contribution >= 0.6 is 0 Å². The van der Waals surface area contributed by atoms with Crippen molar-refractivity contribution in [1.82, 2.24) is 0 Å². The minimum absolute atomic E-state index is 0.0405. The van der Waals surface area contributed by atoms with Crippen LogP contribution in [0.25, 0.3) is 0 Å². The molecule has 0 heterocycles. The Morgan fingerprint density at radius 1 is 0.683 bits per heavy atom. The van der Waals surface area contributed by atoms with E-state index < -0.39 is 55.5 Å². The molecule has 0 aliphatic rings. The van der Waals surface area contributed by atoms with Crippen molar-refractivity contribution in [3.63, 3.8) is 0 Å². The van der Waals surface area contributed by atoms with Gasteiger partial charge in [-0.2, -0.15) is 0 Å². The van der Waals surface area contributed by atoms with Crippen LogP contribution in [0.2, 0.25) is 0 Å². The summed E-state index contributed by atoms with van der Waals surface area (Å²) in [4.78, 5) is 20.9. The number of aliphatic hydroxyl groups is 7. The van der Waals surface area contributed by atoms with Crippen molar-refractivity contribution in [3.8, 4) is 0 Å². The molecule has 9 N–H and O–H groups in total. The second-order valence-corrected chi connectivity index (χ2v) is 9.00. The molecule has 41 heavy (non-hydrogen) atoms. The number of carbonyl (C=O) groups is 2. The van der Waals surface area contributed by atoms with Crippen molar-refractivity contribution in [1.29, 1.82) is 0 Å². The smallest absolute Gasteiger partial charge is 0.336 e. The third-order valence-corrected chi connectivity index (χ3v) is 5.99. The van der Waals surface area contributed by atoms with Gasteiger partial charge in [0, 0.05) is 5.41 Å². The second-order valence-electron chi connectivity index (χ2n) is 9.00. The van der Waals surface area contributed by atoms with Gasteiger partial charge in [-0.25, -0.2) is 9.59 Å². The summed E-state index contributed by atoms with van der Waals surface area (Å²) < 4.78 is 21.1. The molecule has 0 amide bonds. The van der Waals surface area contributed by atoms with Gasteiger partial charge in [0.05, 0.1) is 97.0 Å². The standard InChI is InChI=1S/C18H38O11.C8H6O4/c19-3-5-26-7-8-27-9-10-28-15-18(25,16(11-21)29-6-4-20)2-1-17(12-22,13-23)14-24;9-7(10)5-3-1-2-4-6(5)8(11)12/h16,19-25H,1-15H2;1-4H,(H,9,10)(H,11,12). The van der Waals surface area contributed by atoms with Crippen molar-refractivity contribution in [2.75, 3.05) is 85.9 Å². The Balaban J connectivity index is 0.00000110. The first-order valence-corrected chi connectivity index (χ1v) is 12.9. The van der Waals surface area contributed by atoms with Gasteiger partial charge < -0.3 is 64.9 Å². The minimum atomic E-state index is -1.68. The Kier molecular flexibility index (Phi) is 21.1.